The zero-order chi connectivity index (χ0) is 24.8. The number of benzene rings is 2. The van der Waals surface area contributed by atoms with Crippen molar-refractivity contribution in [2.75, 3.05) is 13.1 Å². The lowest BCUT2D eigenvalue weighted by Crippen LogP contribution is -2.53. The van der Waals surface area contributed by atoms with E-state index in [4.69, 9.17) is 4.99 Å². The fourth-order valence-electron chi connectivity index (χ4n) is 5.82. The van der Waals surface area contributed by atoms with Gasteiger partial charge in [0.1, 0.15) is 0 Å². The van der Waals surface area contributed by atoms with Crippen LogP contribution in [0.2, 0.25) is 0 Å². The predicted octanol–water partition coefficient (Wildman–Crippen LogP) is 4.24. The molecule has 3 aliphatic rings. The number of fused-ring (bicyclic) bond motifs is 2. The quantitative estimate of drug-likeness (QED) is 0.566. The van der Waals surface area contributed by atoms with Gasteiger partial charge in [-0.2, -0.15) is 0 Å². The highest BCUT2D eigenvalue weighted by Crippen LogP contribution is 2.32. The maximum absolute atomic E-state index is 13.3. The first-order valence-electron chi connectivity index (χ1n) is 12.7. The van der Waals surface area contributed by atoms with Crippen molar-refractivity contribution >= 4 is 17.5 Å². The molecular weight excluding hydrogens is 448 g/mol. The first kappa shape index (κ1) is 22.7. The fraction of sp³-hybridized carbons (Fsp3) is 0.333. The molecule has 0 spiro atoms. The van der Waals surface area contributed by atoms with E-state index in [2.05, 4.69) is 23.2 Å². The number of piperidine rings is 1. The Morgan fingerprint density at radius 2 is 1.92 bits per heavy atom. The average Bonchev–Trinajstić information content (AvgIpc) is 3.29. The summed E-state index contributed by atoms with van der Waals surface area (Å²) in [6, 6.07) is 16.3. The molecule has 0 saturated carbocycles. The molecule has 0 aliphatic carbocycles. The predicted molar refractivity (Wildman–Crippen MR) is 139 cm³/mol. The van der Waals surface area contributed by atoms with Gasteiger partial charge >= 0.3 is 0 Å². The second-order valence-corrected chi connectivity index (χ2v) is 10.2. The van der Waals surface area contributed by atoms with Crippen LogP contribution in [0.4, 0.5) is 0 Å². The Balaban J connectivity index is 1.24. The number of nitrogens with zero attached hydrogens (tertiary/aromatic N) is 4. The molecule has 182 valence electrons. The molecule has 1 atom stereocenters. The molecule has 2 amide bonds. The molecule has 4 heterocycles. The van der Waals surface area contributed by atoms with Crippen LogP contribution < -0.4 is 0 Å². The van der Waals surface area contributed by atoms with Gasteiger partial charge in [0.15, 0.2) is 0 Å². The van der Waals surface area contributed by atoms with Crippen molar-refractivity contribution in [2.45, 2.75) is 52.2 Å². The van der Waals surface area contributed by atoms with E-state index in [9.17, 15) is 9.59 Å². The zero-order valence-corrected chi connectivity index (χ0v) is 20.8. The highest BCUT2D eigenvalue weighted by Gasteiger charge is 2.34. The van der Waals surface area contributed by atoms with E-state index in [-0.39, 0.29) is 17.9 Å². The molecule has 1 fully saturated rings. The van der Waals surface area contributed by atoms with Crippen molar-refractivity contribution in [1.82, 2.24) is 14.8 Å². The van der Waals surface area contributed by atoms with E-state index >= 15 is 0 Å². The molecule has 1 aromatic heterocycles. The number of amides is 2. The van der Waals surface area contributed by atoms with Crippen LogP contribution >= 0.6 is 0 Å². The minimum atomic E-state index is 0.0393. The Hall–Kier alpha value is -3.80. The van der Waals surface area contributed by atoms with Crippen LogP contribution in [0.1, 0.15) is 62.3 Å². The summed E-state index contributed by atoms with van der Waals surface area (Å²) in [6.07, 6.45) is 4.07. The molecule has 0 unspecified atom stereocenters. The highest BCUT2D eigenvalue weighted by molar-refractivity contribution is 6.15. The summed E-state index contributed by atoms with van der Waals surface area (Å²) in [6.45, 7) is 6.55. The number of aryl methyl sites for hydroxylation is 2. The van der Waals surface area contributed by atoms with Gasteiger partial charge in [-0.15, -0.1) is 0 Å². The maximum atomic E-state index is 13.3. The Kier molecular flexibility index (Phi) is 5.67. The van der Waals surface area contributed by atoms with Gasteiger partial charge < -0.3 is 9.80 Å². The van der Waals surface area contributed by atoms with Gasteiger partial charge in [-0.1, -0.05) is 23.8 Å². The third-order valence-corrected chi connectivity index (χ3v) is 7.65. The molecular formula is C30H30N4O2. The summed E-state index contributed by atoms with van der Waals surface area (Å²) >= 11 is 0. The molecule has 6 rings (SSSR count). The molecule has 36 heavy (non-hydrogen) atoms. The molecule has 6 nitrogen and oxygen atoms in total. The number of rotatable bonds is 3. The number of aliphatic imine (C=N–C) groups is 1. The SMILES string of the molecule is Cc1cccc(C(=O)N2CCC[C@@H](N3Cc4cc5c(cc4CC3=O)CN=C5c3ccnc(C)c3)C2)c1. The topological polar surface area (TPSA) is 65.9 Å². The lowest BCUT2D eigenvalue weighted by atomic mass is 9.90. The van der Waals surface area contributed by atoms with Crippen LogP contribution in [0.15, 0.2) is 59.7 Å². The van der Waals surface area contributed by atoms with E-state index in [1.807, 2.05) is 60.2 Å². The van der Waals surface area contributed by atoms with Gasteiger partial charge in [0.05, 0.1) is 18.7 Å². The van der Waals surface area contributed by atoms with Crippen LogP contribution in [0.5, 0.6) is 0 Å². The Morgan fingerprint density at radius 1 is 1.03 bits per heavy atom. The van der Waals surface area contributed by atoms with Gasteiger partial charge in [0, 0.05) is 54.3 Å². The first-order valence-corrected chi connectivity index (χ1v) is 12.7. The van der Waals surface area contributed by atoms with Crippen molar-refractivity contribution in [1.29, 1.82) is 0 Å². The second kappa shape index (κ2) is 9.01. The summed E-state index contributed by atoms with van der Waals surface area (Å²) in [5, 5.41) is 0. The van der Waals surface area contributed by atoms with Crippen molar-refractivity contribution in [3.8, 4) is 0 Å². The average molecular weight is 479 g/mol. The van der Waals surface area contributed by atoms with Crippen molar-refractivity contribution in [3.63, 3.8) is 0 Å². The fourth-order valence-corrected chi connectivity index (χ4v) is 5.82. The van der Waals surface area contributed by atoms with Gasteiger partial charge in [0.2, 0.25) is 5.91 Å². The molecule has 0 N–H and O–H groups in total. The lowest BCUT2D eigenvalue weighted by molar-refractivity contribution is -0.135. The third kappa shape index (κ3) is 4.11. The first-order chi connectivity index (χ1) is 17.5. The second-order valence-electron chi connectivity index (χ2n) is 10.2. The maximum Gasteiger partial charge on any atom is 0.253 e. The van der Waals surface area contributed by atoms with Crippen LogP contribution in [0, 0.1) is 13.8 Å². The smallest absolute Gasteiger partial charge is 0.253 e. The zero-order valence-electron chi connectivity index (χ0n) is 20.8. The number of likely N-dealkylation sites (tertiary alicyclic amines) is 1. The number of hydrogen-bond donors (Lipinski definition) is 0. The van der Waals surface area contributed by atoms with E-state index in [0.717, 1.165) is 58.6 Å². The summed E-state index contributed by atoms with van der Waals surface area (Å²) in [5.41, 5.74) is 9.52. The highest BCUT2D eigenvalue weighted by atomic mass is 16.2. The minimum Gasteiger partial charge on any atom is -0.337 e. The Bertz CT molecular complexity index is 1410. The molecule has 2 aromatic carbocycles. The summed E-state index contributed by atoms with van der Waals surface area (Å²) < 4.78 is 0. The van der Waals surface area contributed by atoms with Gasteiger partial charge in [-0.3, -0.25) is 19.6 Å². The molecule has 0 radical (unpaired) electrons. The number of carbonyl (C=O) groups is 2. The van der Waals surface area contributed by atoms with E-state index in [1.54, 1.807) is 0 Å². The van der Waals surface area contributed by atoms with Gasteiger partial charge in [0.25, 0.3) is 5.91 Å². The van der Waals surface area contributed by atoms with Crippen molar-refractivity contribution in [2.24, 2.45) is 4.99 Å². The van der Waals surface area contributed by atoms with Crippen LogP contribution in [0.3, 0.4) is 0 Å². The molecule has 3 aromatic rings. The normalized spacial score (nSPS) is 19.1. The Morgan fingerprint density at radius 3 is 2.75 bits per heavy atom. The number of hydrogen-bond acceptors (Lipinski definition) is 4. The van der Waals surface area contributed by atoms with Crippen LogP contribution in [0.25, 0.3) is 0 Å². The Labute approximate surface area is 211 Å². The summed E-state index contributed by atoms with van der Waals surface area (Å²) in [4.78, 5) is 39.5. The monoisotopic (exact) mass is 478 g/mol. The third-order valence-electron chi connectivity index (χ3n) is 7.65. The van der Waals surface area contributed by atoms with Crippen molar-refractivity contribution in [3.05, 3.63) is 99.4 Å². The number of carbonyl (C=O) groups excluding carboxylic acids is 2. The van der Waals surface area contributed by atoms with Crippen LogP contribution in [-0.2, 0) is 24.3 Å². The minimum absolute atomic E-state index is 0.0393. The van der Waals surface area contributed by atoms with E-state index in [0.29, 0.717) is 26.1 Å². The van der Waals surface area contributed by atoms with E-state index < -0.39 is 0 Å². The van der Waals surface area contributed by atoms with Crippen LogP contribution in [-0.4, -0.2) is 51.4 Å². The summed E-state index contributed by atoms with van der Waals surface area (Å²) in [7, 11) is 0. The molecule has 3 aliphatic heterocycles. The largest absolute Gasteiger partial charge is 0.337 e. The standard InChI is InChI=1S/C30H30N4O2/c1-19-5-3-6-22(11-19)30(36)33-10-4-7-26(18-33)34-17-25-14-27-24(13-23(25)15-28(34)35)16-32-29(27)21-8-9-31-20(2)12-21/h3,5-6,8-9,11-14,26H,4,7,10,15-18H2,1-2H3/t26-/m1/s1. The molecule has 6 heteroatoms. The van der Waals surface area contributed by atoms with E-state index in [1.165, 1.54) is 11.1 Å². The number of pyridine rings is 1. The lowest BCUT2D eigenvalue weighted by Gasteiger charge is -2.41. The summed E-state index contributed by atoms with van der Waals surface area (Å²) in [5.74, 6) is 0.209. The number of aromatic nitrogens is 1. The van der Waals surface area contributed by atoms with Crippen molar-refractivity contribution < 1.29 is 9.59 Å². The van der Waals surface area contributed by atoms with Gasteiger partial charge in [-0.05, 0) is 73.7 Å². The molecule has 0 bridgehead atoms. The molecule has 1 saturated heterocycles. The van der Waals surface area contributed by atoms with Gasteiger partial charge in [-0.25, -0.2) is 0 Å².